The third kappa shape index (κ3) is 11.7. The maximum atomic E-state index is 13.4. The number of fused-ring (bicyclic) bond motifs is 2. The number of carboxylic acid groups (broad SMARTS) is 2. The maximum absolute atomic E-state index is 13.4. The number of aliphatic carboxylic acids is 2. The van der Waals surface area contributed by atoms with E-state index in [0.717, 1.165) is 61.2 Å². The first-order valence-electron chi connectivity index (χ1n) is 14.2. The molecule has 0 aromatic heterocycles. The van der Waals surface area contributed by atoms with E-state index in [1.807, 2.05) is 29.2 Å². The minimum Gasteiger partial charge on any atom is -0.478 e. The van der Waals surface area contributed by atoms with E-state index in [0.29, 0.717) is 50.8 Å². The number of alkyl halides is 3. The molecule has 2 aliphatic heterocycles. The molecule has 4 rings (SSSR count). The van der Waals surface area contributed by atoms with E-state index in [-0.39, 0.29) is 6.61 Å². The fourth-order valence-corrected chi connectivity index (χ4v) is 5.73. The molecule has 3 N–H and O–H groups in total. The minimum atomic E-state index is -4.36. The SMILES string of the molecule is O=C(O)/C=C\C(=O)O.OCCOCCOCCN1CCN(CCCN2c3ccccc3Sc3ccc(C(F)(F)F)cc32)CC1. The third-order valence-electron chi connectivity index (χ3n) is 6.80. The van der Waals surface area contributed by atoms with Gasteiger partial charge in [0.25, 0.3) is 0 Å². The standard InChI is InChI=1S/C26H34F3N3O3S.C4H4O4/c27-26(28,29)21-6-7-25-23(20-21)32(22-4-1-2-5-24(22)36-25)9-3-8-30-10-12-31(13-11-30)14-16-34-18-19-35-17-15-33;5-3(6)1-2-4(7)8/h1-2,4-7,20,33H,3,8-19H2;1-2H,(H,5,6)(H,7,8)/b;2-1-. The summed E-state index contributed by atoms with van der Waals surface area (Å²) >= 11 is 1.53. The lowest BCUT2D eigenvalue weighted by Gasteiger charge is -2.36. The van der Waals surface area contributed by atoms with Crippen LogP contribution in [0.2, 0.25) is 0 Å². The van der Waals surface area contributed by atoms with Gasteiger partial charge in [-0.1, -0.05) is 23.9 Å². The molecule has 44 heavy (non-hydrogen) atoms. The number of halogens is 3. The Hall–Kier alpha value is -3.14. The topological polar surface area (TPSA) is 123 Å². The summed E-state index contributed by atoms with van der Waals surface area (Å²) < 4.78 is 51.0. The molecule has 0 aliphatic carbocycles. The van der Waals surface area contributed by atoms with Crippen molar-refractivity contribution in [3.63, 3.8) is 0 Å². The number of hydrogen-bond donors (Lipinski definition) is 3. The van der Waals surface area contributed by atoms with E-state index in [1.165, 1.54) is 23.9 Å². The van der Waals surface area contributed by atoms with E-state index < -0.39 is 23.7 Å². The number of nitrogens with zero attached hydrogens (tertiary/aromatic N) is 3. The zero-order valence-corrected chi connectivity index (χ0v) is 25.1. The highest BCUT2D eigenvalue weighted by Gasteiger charge is 2.33. The molecule has 0 saturated carbocycles. The summed E-state index contributed by atoms with van der Waals surface area (Å²) in [4.78, 5) is 27.9. The van der Waals surface area contributed by atoms with Crippen LogP contribution in [0.15, 0.2) is 64.4 Å². The van der Waals surface area contributed by atoms with Gasteiger partial charge in [-0.25, -0.2) is 9.59 Å². The fraction of sp³-hybridized carbons (Fsp3) is 0.467. The molecule has 0 unspecified atom stereocenters. The second-order valence-corrected chi connectivity index (χ2v) is 11.0. The fourth-order valence-electron chi connectivity index (χ4n) is 4.66. The Kier molecular flexibility index (Phi) is 14.4. The summed E-state index contributed by atoms with van der Waals surface area (Å²) in [6, 6.07) is 12.0. The van der Waals surface area contributed by atoms with E-state index in [4.69, 9.17) is 24.8 Å². The van der Waals surface area contributed by atoms with Crippen LogP contribution in [-0.4, -0.2) is 116 Å². The van der Waals surface area contributed by atoms with Crippen LogP contribution in [0.3, 0.4) is 0 Å². The Morgan fingerprint density at radius 3 is 2.00 bits per heavy atom. The lowest BCUT2D eigenvalue weighted by Crippen LogP contribution is -2.47. The number of aliphatic hydroxyl groups is 1. The van der Waals surface area contributed by atoms with Gasteiger partial charge in [0.15, 0.2) is 0 Å². The molecule has 0 amide bonds. The first-order chi connectivity index (χ1) is 21.1. The second-order valence-electron chi connectivity index (χ2n) is 9.90. The molecule has 10 nitrogen and oxygen atoms in total. The zero-order chi connectivity index (χ0) is 32.0. The monoisotopic (exact) mass is 641 g/mol. The molecule has 0 radical (unpaired) electrons. The zero-order valence-electron chi connectivity index (χ0n) is 24.2. The number of carboxylic acids is 2. The van der Waals surface area contributed by atoms with E-state index >= 15 is 0 Å². The molecule has 1 fully saturated rings. The second kappa shape index (κ2) is 18.0. The number of ether oxygens (including phenoxy) is 2. The van der Waals surface area contributed by atoms with Crippen LogP contribution in [0, 0.1) is 0 Å². The van der Waals surface area contributed by atoms with Gasteiger partial charge in [0.1, 0.15) is 0 Å². The number of carbonyl (C=O) groups is 2. The Labute approximate surface area is 258 Å². The van der Waals surface area contributed by atoms with Crippen molar-refractivity contribution in [3.8, 4) is 0 Å². The highest BCUT2D eigenvalue weighted by atomic mass is 32.2. The van der Waals surface area contributed by atoms with Crippen LogP contribution in [0.5, 0.6) is 0 Å². The first-order valence-corrected chi connectivity index (χ1v) is 15.0. The van der Waals surface area contributed by atoms with Crippen LogP contribution >= 0.6 is 11.8 Å². The van der Waals surface area contributed by atoms with Gasteiger partial charge in [-0.05, 0) is 43.3 Å². The molecule has 2 aromatic rings. The Balaban J connectivity index is 0.000000583. The van der Waals surface area contributed by atoms with Crippen molar-refractivity contribution >= 4 is 35.1 Å². The van der Waals surface area contributed by atoms with Crippen LogP contribution in [-0.2, 0) is 25.2 Å². The number of hydrogen-bond acceptors (Lipinski definition) is 9. The van der Waals surface area contributed by atoms with Gasteiger partial charge in [0, 0.05) is 61.2 Å². The summed E-state index contributed by atoms with van der Waals surface area (Å²) in [6.07, 6.45) is -2.38. The predicted octanol–water partition coefficient (Wildman–Crippen LogP) is 4.05. The Morgan fingerprint density at radius 1 is 0.795 bits per heavy atom. The van der Waals surface area contributed by atoms with Crippen LogP contribution in [0.4, 0.5) is 24.5 Å². The molecule has 2 heterocycles. The largest absolute Gasteiger partial charge is 0.478 e. The molecule has 0 atom stereocenters. The molecule has 0 spiro atoms. The van der Waals surface area contributed by atoms with Crippen LogP contribution in [0.25, 0.3) is 0 Å². The minimum absolute atomic E-state index is 0.0287. The van der Waals surface area contributed by atoms with Crippen molar-refractivity contribution in [2.45, 2.75) is 22.4 Å². The number of piperazine rings is 1. The van der Waals surface area contributed by atoms with Crippen molar-refractivity contribution in [2.24, 2.45) is 0 Å². The molecule has 2 aromatic carbocycles. The van der Waals surface area contributed by atoms with Gasteiger partial charge in [0.05, 0.1) is 50.0 Å². The van der Waals surface area contributed by atoms with Gasteiger partial charge in [0.2, 0.25) is 0 Å². The van der Waals surface area contributed by atoms with Gasteiger partial charge in [-0.2, -0.15) is 13.2 Å². The third-order valence-corrected chi connectivity index (χ3v) is 7.93. The van der Waals surface area contributed by atoms with E-state index in [2.05, 4.69) is 9.80 Å². The normalized spacial score (nSPS) is 15.4. The number of rotatable bonds is 14. The van der Waals surface area contributed by atoms with Crippen molar-refractivity contribution in [3.05, 3.63) is 60.2 Å². The van der Waals surface area contributed by atoms with Crippen molar-refractivity contribution in [1.82, 2.24) is 9.80 Å². The summed E-state index contributed by atoms with van der Waals surface area (Å²) in [5, 5.41) is 24.3. The average Bonchev–Trinajstić information content (AvgIpc) is 2.99. The van der Waals surface area contributed by atoms with Gasteiger partial charge in [-0.15, -0.1) is 0 Å². The van der Waals surface area contributed by atoms with E-state index in [9.17, 15) is 22.8 Å². The van der Waals surface area contributed by atoms with Crippen molar-refractivity contribution in [2.75, 3.05) is 83.7 Å². The first kappa shape index (κ1) is 35.3. The van der Waals surface area contributed by atoms with Crippen LogP contribution < -0.4 is 4.90 Å². The smallest absolute Gasteiger partial charge is 0.416 e. The highest BCUT2D eigenvalue weighted by Crippen LogP contribution is 2.49. The molecule has 1 saturated heterocycles. The van der Waals surface area contributed by atoms with Crippen molar-refractivity contribution in [1.29, 1.82) is 0 Å². The van der Waals surface area contributed by atoms with Gasteiger partial charge < -0.3 is 34.6 Å². The molecule has 14 heteroatoms. The Morgan fingerprint density at radius 2 is 1.39 bits per heavy atom. The molecule has 2 aliphatic rings. The van der Waals surface area contributed by atoms with Crippen LogP contribution in [0.1, 0.15) is 12.0 Å². The summed E-state index contributed by atoms with van der Waals surface area (Å²) in [7, 11) is 0. The lowest BCUT2D eigenvalue weighted by molar-refractivity contribution is -0.137. The number of benzene rings is 2. The molecule has 0 bridgehead atoms. The lowest BCUT2D eigenvalue weighted by atomic mass is 10.1. The molecular weight excluding hydrogens is 603 g/mol. The summed E-state index contributed by atoms with van der Waals surface area (Å²) in [6.45, 7) is 8.42. The maximum Gasteiger partial charge on any atom is 0.416 e. The van der Waals surface area contributed by atoms with E-state index in [1.54, 1.807) is 6.07 Å². The molecular formula is C30H38F3N3O7S. The van der Waals surface area contributed by atoms with Gasteiger partial charge in [-0.3, -0.25) is 4.90 Å². The summed E-state index contributed by atoms with van der Waals surface area (Å²) in [5.74, 6) is -2.51. The number of anilines is 2. The quantitative estimate of drug-likeness (QED) is 0.205. The molecule has 242 valence electrons. The Bertz CT molecular complexity index is 1220. The number of aliphatic hydroxyl groups excluding tert-OH is 1. The number of para-hydroxylation sites is 1. The average molecular weight is 642 g/mol. The summed E-state index contributed by atoms with van der Waals surface area (Å²) in [5.41, 5.74) is 1.00. The highest BCUT2D eigenvalue weighted by molar-refractivity contribution is 7.99. The van der Waals surface area contributed by atoms with Gasteiger partial charge >= 0.3 is 18.1 Å². The predicted molar refractivity (Wildman–Crippen MR) is 160 cm³/mol. The van der Waals surface area contributed by atoms with Crippen molar-refractivity contribution < 1.29 is 47.6 Å².